The van der Waals surface area contributed by atoms with Crippen LogP contribution in [0.1, 0.15) is 25.2 Å². The average Bonchev–Trinajstić information content (AvgIpc) is 2.53. The Bertz CT molecular complexity index is 597. The highest BCUT2D eigenvalue weighted by molar-refractivity contribution is 5.70. The Kier molecular flexibility index (Phi) is 4.56. The molecule has 1 aromatic heterocycles. The zero-order chi connectivity index (χ0) is 14.5. The van der Waals surface area contributed by atoms with Gasteiger partial charge < -0.3 is 9.47 Å². The minimum atomic E-state index is 0.751. The third-order valence-corrected chi connectivity index (χ3v) is 3.26. The summed E-state index contributed by atoms with van der Waals surface area (Å²) in [5.41, 5.74) is 3.81. The van der Waals surface area contributed by atoms with Gasteiger partial charge in [0.2, 0.25) is 0 Å². The minimum Gasteiger partial charge on any atom is -0.497 e. The van der Waals surface area contributed by atoms with Crippen molar-refractivity contribution in [3.8, 4) is 22.8 Å². The molecule has 20 heavy (non-hydrogen) atoms. The van der Waals surface area contributed by atoms with Crippen LogP contribution < -0.4 is 9.47 Å². The molecule has 0 spiro atoms. The lowest BCUT2D eigenvalue weighted by atomic mass is 10.1. The van der Waals surface area contributed by atoms with Crippen molar-refractivity contribution in [2.24, 2.45) is 0 Å². The average molecular weight is 272 g/mol. The molecule has 0 bridgehead atoms. The van der Waals surface area contributed by atoms with Gasteiger partial charge in [0.25, 0.3) is 0 Å². The molecule has 0 fully saturated rings. The number of aryl methyl sites for hydroxylation is 2. The van der Waals surface area contributed by atoms with Crippen molar-refractivity contribution in [3.05, 3.63) is 35.8 Å². The van der Waals surface area contributed by atoms with E-state index in [1.165, 1.54) is 0 Å². The zero-order valence-corrected chi connectivity index (χ0v) is 12.4. The molecule has 0 atom stereocenters. The number of aromatic nitrogens is 2. The van der Waals surface area contributed by atoms with Gasteiger partial charge in [0, 0.05) is 17.8 Å². The Labute approximate surface area is 119 Å². The summed E-state index contributed by atoms with van der Waals surface area (Å²) < 4.78 is 10.7. The molecule has 2 rings (SSSR count). The van der Waals surface area contributed by atoms with E-state index in [4.69, 9.17) is 14.5 Å². The molecule has 0 unspecified atom stereocenters. The van der Waals surface area contributed by atoms with E-state index < -0.39 is 0 Å². The van der Waals surface area contributed by atoms with Gasteiger partial charge in [-0.1, -0.05) is 13.8 Å². The van der Waals surface area contributed by atoms with E-state index in [2.05, 4.69) is 18.8 Å². The first kappa shape index (κ1) is 14.3. The first-order valence-electron chi connectivity index (χ1n) is 6.80. The second-order valence-electron chi connectivity index (χ2n) is 4.43. The van der Waals surface area contributed by atoms with Crippen molar-refractivity contribution >= 4 is 0 Å². The number of nitrogens with zero attached hydrogens (tertiary/aromatic N) is 2. The van der Waals surface area contributed by atoms with Crippen LogP contribution in [0.3, 0.4) is 0 Å². The molecule has 0 radical (unpaired) electrons. The second-order valence-corrected chi connectivity index (χ2v) is 4.43. The van der Waals surface area contributed by atoms with E-state index in [0.717, 1.165) is 47.0 Å². The topological polar surface area (TPSA) is 44.2 Å². The Morgan fingerprint density at radius 3 is 2.45 bits per heavy atom. The number of benzene rings is 1. The summed E-state index contributed by atoms with van der Waals surface area (Å²) in [6, 6.07) is 5.76. The summed E-state index contributed by atoms with van der Waals surface area (Å²) in [5, 5.41) is 0. The molecular formula is C16H20N2O2. The van der Waals surface area contributed by atoms with Crippen molar-refractivity contribution in [3.63, 3.8) is 0 Å². The first-order valence-corrected chi connectivity index (χ1v) is 6.80. The number of ether oxygens (including phenoxy) is 2. The van der Waals surface area contributed by atoms with Gasteiger partial charge in [0.05, 0.1) is 31.3 Å². The summed E-state index contributed by atoms with van der Waals surface area (Å²) in [6.45, 7) is 4.15. The molecule has 1 aromatic carbocycles. The largest absolute Gasteiger partial charge is 0.497 e. The van der Waals surface area contributed by atoms with Gasteiger partial charge in [-0.2, -0.15) is 0 Å². The van der Waals surface area contributed by atoms with Crippen LogP contribution in [0.2, 0.25) is 0 Å². The molecular weight excluding hydrogens is 252 g/mol. The molecule has 4 heteroatoms. The Hall–Kier alpha value is -2.10. The smallest absolute Gasteiger partial charge is 0.132 e. The van der Waals surface area contributed by atoms with Gasteiger partial charge >= 0.3 is 0 Å². The number of methoxy groups -OCH3 is 2. The quantitative estimate of drug-likeness (QED) is 0.837. The Balaban J connectivity index is 2.60. The van der Waals surface area contributed by atoms with Crippen LogP contribution in [-0.2, 0) is 12.8 Å². The molecule has 0 saturated carbocycles. The van der Waals surface area contributed by atoms with Crippen molar-refractivity contribution in [2.45, 2.75) is 26.7 Å². The molecule has 2 aromatic rings. The molecule has 1 heterocycles. The van der Waals surface area contributed by atoms with Gasteiger partial charge in [-0.25, -0.2) is 4.98 Å². The first-order chi connectivity index (χ1) is 9.73. The number of hydrogen-bond acceptors (Lipinski definition) is 4. The molecule has 0 aliphatic carbocycles. The fraction of sp³-hybridized carbons (Fsp3) is 0.375. The molecule has 0 amide bonds. The van der Waals surface area contributed by atoms with Crippen LogP contribution in [-0.4, -0.2) is 24.2 Å². The van der Waals surface area contributed by atoms with Crippen LogP contribution in [0, 0.1) is 0 Å². The second kappa shape index (κ2) is 6.37. The van der Waals surface area contributed by atoms with Crippen LogP contribution in [0.4, 0.5) is 0 Å². The molecule has 4 nitrogen and oxygen atoms in total. The number of hydrogen-bond donors (Lipinski definition) is 0. The van der Waals surface area contributed by atoms with Crippen LogP contribution in [0.5, 0.6) is 11.5 Å². The zero-order valence-electron chi connectivity index (χ0n) is 12.4. The lowest BCUT2D eigenvalue weighted by Crippen LogP contribution is -2.01. The van der Waals surface area contributed by atoms with Gasteiger partial charge in [-0.3, -0.25) is 4.98 Å². The minimum absolute atomic E-state index is 0.751. The highest BCUT2D eigenvalue weighted by atomic mass is 16.5. The monoisotopic (exact) mass is 272 g/mol. The van der Waals surface area contributed by atoms with Gasteiger partial charge in [-0.15, -0.1) is 0 Å². The highest BCUT2D eigenvalue weighted by Gasteiger charge is 2.14. The maximum Gasteiger partial charge on any atom is 0.132 e. The maximum atomic E-state index is 5.47. The van der Waals surface area contributed by atoms with Crippen molar-refractivity contribution in [1.82, 2.24) is 9.97 Å². The Morgan fingerprint density at radius 1 is 1.05 bits per heavy atom. The fourth-order valence-electron chi connectivity index (χ4n) is 2.09. The van der Waals surface area contributed by atoms with Crippen LogP contribution in [0.15, 0.2) is 24.4 Å². The predicted molar refractivity (Wildman–Crippen MR) is 79.3 cm³/mol. The van der Waals surface area contributed by atoms with Gasteiger partial charge in [-0.05, 0) is 25.0 Å². The van der Waals surface area contributed by atoms with E-state index in [1.54, 1.807) is 14.2 Å². The summed E-state index contributed by atoms with van der Waals surface area (Å²) in [5.74, 6) is 1.52. The molecule has 106 valence electrons. The lowest BCUT2D eigenvalue weighted by molar-refractivity contribution is 0.395. The SMILES string of the molecule is CCc1cnc(CC)c(-c2ccc(OC)cc2OC)n1. The van der Waals surface area contributed by atoms with Crippen LogP contribution >= 0.6 is 0 Å². The summed E-state index contributed by atoms with van der Waals surface area (Å²) in [6.07, 6.45) is 3.54. The van der Waals surface area contributed by atoms with Gasteiger partial charge in [0.1, 0.15) is 11.5 Å². The standard InChI is InChI=1S/C16H20N2O2/c1-5-11-10-17-14(6-2)16(18-11)13-8-7-12(19-3)9-15(13)20-4/h7-10H,5-6H2,1-4H3. The maximum absolute atomic E-state index is 5.47. The van der Waals surface area contributed by atoms with Crippen molar-refractivity contribution in [1.29, 1.82) is 0 Å². The fourth-order valence-corrected chi connectivity index (χ4v) is 2.09. The third kappa shape index (κ3) is 2.74. The van der Waals surface area contributed by atoms with E-state index in [-0.39, 0.29) is 0 Å². The normalized spacial score (nSPS) is 10.4. The number of rotatable bonds is 5. The van der Waals surface area contributed by atoms with E-state index in [1.807, 2.05) is 24.4 Å². The van der Waals surface area contributed by atoms with E-state index >= 15 is 0 Å². The van der Waals surface area contributed by atoms with Gasteiger partial charge in [0.15, 0.2) is 0 Å². The molecule has 0 aliphatic rings. The molecule has 0 saturated heterocycles. The van der Waals surface area contributed by atoms with Crippen LogP contribution in [0.25, 0.3) is 11.3 Å². The van der Waals surface area contributed by atoms with Crippen molar-refractivity contribution < 1.29 is 9.47 Å². The third-order valence-electron chi connectivity index (χ3n) is 3.26. The highest BCUT2D eigenvalue weighted by Crippen LogP contribution is 2.33. The predicted octanol–water partition coefficient (Wildman–Crippen LogP) is 3.29. The summed E-state index contributed by atoms with van der Waals surface area (Å²) in [4.78, 5) is 9.23. The van der Waals surface area contributed by atoms with E-state index in [9.17, 15) is 0 Å². The summed E-state index contributed by atoms with van der Waals surface area (Å²) in [7, 11) is 3.30. The van der Waals surface area contributed by atoms with Crippen molar-refractivity contribution in [2.75, 3.05) is 14.2 Å². The molecule has 0 N–H and O–H groups in total. The van der Waals surface area contributed by atoms with E-state index in [0.29, 0.717) is 0 Å². The lowest BCUT2D eigenvalue weighted by Gasteiger charge is -2.13. The summed E-state index contributed by atoms with van der Waals surface area (Å²) >= 11 is 0. The molecule has 0 aliphatic heterocycles. The Morgan fingerprint density at radius 2 is 1.85 bits per heavy atom.